The molecule has 1 unspecified atom stereocenters. The van der Waals surface area contributed by atoms with Gasteiger partial charge in [-0.25, -0.2) is 9.67 Å². The smallest absolute Gasteiger partial charge is 0.307 e. The molecule has 0 saturated carbocycles. The van der Waals surface area contributed by atoms with E-state index in [4.69, 9.17) is 4.74 Å². The summed E-state index contributed by atoms with van der Waals surface area (Å²) in [4.78, 5) is 28.9. The van der Waals surface area contributed by atoms with E-state index in [2.05, 4.69) is 15.4 Å². The van der Waals surface area contributed by atoms with Gasteiger partial charge in [0.1, 0.15) is 12.7 Å². The average Bonchev–Trinajstić information content (AvgIpc) is 3.34. The van der Waals surface area contributed by atoms with Gasteiger partial charge in [-0.3, -0.25) is 9.59 Å². The van der Waals surface area contributed by atoms with Gasteiger partial charge in [-0.1, -0.05) is 6.07 Å². The van der Waals surface area contributed by atoms with E-state index in [1.54, 1.807) is 35.3 Å². The maximum Gasteiger partial charge on any atom is 0.307 e. The fraction of sp³-hybridized carbons (Fsp3) is 0.176. The molecular formula is C17H16N4O3S. The third-order valence-corrected chi connectivity index (χ3v) is 4.59. The van der Waals surface area contributed by atoms with Crippen LogP contribution >= 0.6 is 11.3 Å². The predicted molar refractivity (Wildman–Crippen MR) is 92.5 cm³/mol. The summed E-state index contributed by atoms with van der Waals surface area (Å²) in [6.07, 6.45) is 3.11. The number of benzene rings is 1. The van der Waals surface area contributed by atoms with Crippen LogP contribution in [0.3, 0.4) is 0 Å². The van der Waals surface area contributed by atoms with Crippen molar-refractivity contribution in [3.63, 3.8) is 0 Å². The van der Waals surface area contributed by atoms with Crippen molar-refractivity contribution in [2.75, 3.05) is 7.11 Å². The quantitative estimate of drug-likeness (QED) is 0.685. The van der Waals surface area contributed by atoms with Crippen molar-refractivity contribution in [2.45, 2.75) is 12.5 Å². The lowest BCUT2D eigenvalue weighted by Gasteiger charge is -2.16. The van der Waals surface area contributed by atoms with Gasteiger partial charge >= 0.3 is 5.97 Å². The van der Waals surface area contributed by atoms with Crippen LogP contribution in [-0.2, 0) is 9.53 Å². The molecule has 3 rings (SSSR count). The number of nitrogens with zero attached hydrogens (tertiary/aromatic N) is 3. The molecule has 3 aromatic rings. The Balaban J connectivity index is 1.73. The number of thiophene rings is 1. The minimum absolute atomic E-state index is 0.0831. The van der Waals surface area contributed by atoms with Crippen LogP contribution in [0.1, 0.15) is 27.7 Å². The zero-order valence-electron chi connectivity index (χ0n) is 13.5. The van der Waals surface area contributed by atoms with Crippen LogP contribution < -0.4 is 5.32 Å². The number of esters is 1. The van der Waals surface area contributed by atoms with E-state index in [0.29, 0.717) is 5.56 Å². The van der Waals surface area contributed by atoms with Gasteiger partial charge < -0.3 is 10.1 Å². The van der Waals surface area contributed by atoms with Gasteiger partial charge in [0.05, 0.1) is 25.3 Å². The third-order valence-electron chi connectivity index (χ3n) is 3.60. The van der Waals surface area contributed by atoms with Crippen molar-refractivity contribution in [2.24, 2.45) is 0 Å². The van der Waals surface area contributed by atoms with Crippen LogP contribution in [0.2, 0.25) is 0 Å². The number of hydrogen-bond acceptors (Lipinski definition) is 6. The zero-order chi connectivity index (χ0) is 17.6. The molecule has 0 aliphatic rings. The van der Waals surface area contributed by atoms with Crippen LogP contribution in [0.25, 0.3) is 5.69 Å². The largest absolute Gasteiger partial charge is 0.469 e. The summed E-state index contributed by atoms with van der Waals surface area (Å²) < 4.78 is 6.33. The van der Waals surface area contributed by atoms with Crippen LogP contribution in [0.15, 0.2) is 54.4 Å². The molecule has 128 valence electrons. The monoisotopic (exact) mass is 356 g/mol. The molecule has 1 aromatic carbocycles. The third kappa shape index (κ3) is 4.10. The Kier molecular flexibility index (Phi) is 5.20. The summed E-state index contributed by atoms with van der Waals surface area (Å²) in [5.74, 6) is -0.632. The lowest BCUT2D eigenvalue weighted by molar-refractivity contribution is -0.141. The first-order valence-corrected chi connectivity index (χ1v) is 8.41. The van der Waals surface area contributed by atoms with Crippen molar-refractivity contribution in [3.8, 4) is 5.69 Å². The van der Waals surface area contributed by atoms with Gasteiger partial charge in [0.25, 0.3) is 5.91 Å². The van der Waals surface area contributed by atoms with Crippen LogP contribution in [0.5, 0.6) is 0 Å². The average molecular weight is 356 g/mol. The Morgan fingerprint density at radius 1 is 1.28 bits per heavy atom. The molecule has 0 aliphatic carbocycles. The van der Waals surface area contributed by atoms with Crippen molar-refractivity contribution in [1.82, 2.24) is 20.1 Å². The molecule has 25 heavy (non-hydrogen) atoms. The number of nitrogens with one attached hydrogen (secondary N) is 1. The van der Waals surface area contributed by atoms with Crippen molar-refractivity contribution >= 4 is 23.2 Å². The highest BCUT2D eigenvalue weighted by atomic mass is 32.1. The Bertz CT molecular complexity index is 829. The predicted octanol–water partition coefficient (Wildman–Crippen LogP) is 2.36. The van der Waals surface area contributed by atoms with E-state index in [1.165, 1.54) is 24.8 Å². The van der Waals surface area contributed by atoms with Gasteiger partial charge in [-0.05, 0) is 35.7 Å². The summed E-state index contributed by atoms with van der Waals surface area (Å²) in [5.41, 5.74) is 1.30. The maximum absolute atomic E-state index is 12.5. The molecule has 0 saturated heterocycles. The second-order valence-corrected chi connectivity index (χ2v) is 6.19. The fourth-order valence-corrected chi connectivity index (χ4v) is 3.09. The summed E-state index contributed by atoms with van der Waals surface area (Å²) in [6, 6.07) is 10.3. The van der Waals surface area contributed by atoms with Crippen LogP contribution in [0, 0.1) is 0 Å². The van der Waals surface area contributed by atoms with Gasteiger partial charge in [0.15, 0.2) is 0 Å². The first-order chi connectivity index (χ1) is 12.2. The fourth-order valence-electron chi connectivity index (χ4n) is 2.31. The van der Waals surface area contributed by atoms with E-state index in [0.717, 1.165) is 10.6 Å². The number of hydrogen-bond donors (Lipinski definition) is 1. The molecule has 0 bridgehead atoms. The molecule has 7 nitrogen and oxygen atoms in total. The summed E-state index contributed by atoms with van der Waals surface area (Å²) in [7, 11) is 1.33. The number of rotatable bonds is 6. The minimum atomic E-state index is -0.421. The first-order valence-electron chi connectivity index (χ1n) is 7.53. The van der Waals surface area contributed by atoms with E-state index in [1.807, 2.05) is 17.5 Å². The highest BCUT2D eigenvalue weighted by molar-refractivity contribution is 7.10. The second-order valence-electron chi connectivity index (χ2n) is 5.21. The number of methoxy groups -OCH3 is 1. The molecular weight excluding hydrogens is 340 g/mol. The minimum Gasteiger partial charge on any atom is -0.469 e. The molecule has 8 heteroatoms. The lowest BCUT2D eigenvalue weighted by atomic mass is 10.1. The maximum atomic E-state index is 12.5. The van der Waals surface area contributed by atoms with Crippen LogP contribution in [0.4, 0.5) is 0 Å². The van der Waals surface area contributed by atoms with Gasteiger partial charge in [0, 0.05) is 10.4 Å². The van der Waals surface area contributed by atoms with Crippen molar-refractivity contribution in [3.05, 3.63) is 64.9 Å². The molecule has 1 N–H and O–H groups in total. The molecule has 2 aromatic heterocycles. The summed E-state index contributed by atoms with van der Waals surface area (Å²) in [5, 5.41) is 8.83. The number of amides is 1. The van der Waals surface area contributed by atoms with Gasteiger partial charge in [-0.2, -0.15) is 5.10 Å². The topological polar surface area (TPSA) is 86.1 Å². The Morgan fingerprint density at radius 2 is 2.08 bits per heavy atom. The van der Waals surface area contributed by atoms with Crippen molar-refractivity contribution < 1.29 is 14.3 Å². The highest BCUT2D eigenvalue weighted by Gasteiger charge is 2.20. The Hall–Kier alpha value is -3.00. The molecule has 1 atom stereocenters. The van der Waals surface area contributed by atoms with E-state index >= 15 is 0 Å². The summed E-state index contributed by atoms with van der Waals surface area (Å²) in [6.45, 7) is 0. The Morgan fingerprint density at radius 3 is 2.68 bits per heavy atom. The molecule has 0 fully saturated rings. The SMILES string of the molecule is COC(=O)CC(NC(=O)c1ccc(-n2cncn2)cc1)c1cccs1. The standard InChI is InChI=1S/C17H16N4O3S/c1-24-16(22)9-14(15-3-2-8-25-15)20-17(23)12-4-6-13(7-5-12)21-11-18-10-19-21/h2-8,10-11,14H,9H2,1H3,(H,20,23). The summed E-state index contributed by atoms with van der Waals surface area (Å²) >= 11 is 1.48. The molecule has 0 spiro atoms. The van der Waals surface area contributed by atoms with E-state index in [9.17, 15) is 9.59 Å². The number of carbonyl (C=O) groups is 2. The van der Waals surface area contributed by atoms with Crippen LogP contribution in [-0.4, -0.2) is 33.8 Å². The normalized spacial score (nSPS) is 11.7. The number of aromatic nitrogens is 3. The molecule has 0 radical (unpaired) electrons. The van der Waals surface area contributed by atoms with E-state index < -0.39 is 6.04 Å². The number of ether oxygens (including phenoxy) is 1. The zero-order valence-corrected chi connectivity index (χ0v) is 14.3. The van der Waals surface area contributed by atoms with Gasteiger partial charge in [0.2, 0.25) is 0 Å². The molecule has 0 aliphatic heterocycles. The van der Waals surface area contributed by atoms with E-state index in [-0.39, 0.29) is 18.3 Å². The van der Waals surface area contributed by atoms with Crippen molar-refractivity contribution in [1.29, 1.82) is 0 Å². The first kappa shape index (κ1) is 16.8. The number of carbonyl (C=O) groups excluding carboxylic acids is 2. The molecule has 2 heterocycles. The second kappa shape index (κ2) is 7.71. The molecule has 1 amide bonds. The lowest BCUT2D eigenvalue weighted by Crippen LogP contribution is -2.30. The Labute approximate surface area is 148 Å². The highest BCUT2D eigenvalue weighted by Crippen LogP contribution is 2.23. The van der Waals surface area contributed by atoms with Gasteiger partial charge in [-0.15, -0.1) is 11.3 Å².